The first-order valence-corrected chi connectivity index (χ1v) is 9.52. The lowest BCUT2D eigenvalue weighted by atomic mass is 10.1. The predicted octanol–water partition coefficient (Wildman–Crippen LogP) is 3.63. The highest BCUT2D eigenvalue weighted by atomic mass is 16.6. The van der Waals surface area contributed by atoms with Gasteiger partial charge in [0, 0.05) is 30.8 Å². The van der Waals surface area contributed by atoms with Crippen molar-refractivity contribution >= 4 is 28.8 Å². The molecule has 0 aliphatic rings. The van der Waals surface area contributed by atoms with Crippen LogP contribution < -0.4 is 16.4 Å². The van der Waals surface area contributed by atoms with Crippen molar-refractivity contribution in [1.29, 1.82) is 0 Å². The molecule has 11 heteroatoms. The molecule has 0 atom stereocenters. The molecule has 0 saturated heterocycles. The fraction of sp³-hybridized carbons (Fsp3) is 0.200. The van der Waals surface area contributed by atoms with Crippen molar-refractivity contribution in [1.82, 2.24) is 9.97 Å². The molecule has 4 N–H and O–H groups in total. The van der Waals surface area contributed by atoms with Crippen molar-refractivity contribution in [2.24, 2.45) is 0 Å². The Labute approximate surface area is 177 Å². The van der Waals surface area contributed by atoms with Crippen molar-refractivity contribution in [3.8, 4) is 11.3 Å². The number of hydrogen-bond acceptors (Lipinski definition) is 9. The summed E-state index contributed by atoms with van der Waals surface area (Å²) in [5.41, 5.74) is 7.33. The third-order valence-corrected chi connectivity index (χ3v) is 4.54. The summed E-state index contributed by atoms with van der Waals surface area (Å²) in [5, 5.41) is 28.3. The van der Waals surface area contributed by atoms with Gasteiger partial charge in [0.05, 0.1) is 9.85 Å². The molecular formula is C20H21N7O4. The van der Waals surface area contributed by atoms with Crippen LogP contribution in [-0.4, -0.2) is 32.9 Å². The first-order chi connectivity index (χ1) is 14.9. The third kappa shape index (κ3) is 5.21. The van der Waals surface area contributed by atoms with Crippen LogP contribution in [0.15, 0.2) is 48.5 Å². The average Bonchev–Trinajstić information content (AvgIpc) is 2.76. The summed E-state index contributed by atoms with van der Waals surface area (Å²) in [6.07, 6.45) is 0.875. The van der Waals surface area contributed by atoms with E-state index >= 15 is 0 Å². The molecule has 0 saturated carbocycles. The Bertz CT molecular complexity index is 1100. The normalized spacial score (nSPS) is 10.5. The van der Waals surface area contributed by atoms with E-state index in [0.29, 0.717) is 30.3 Å². The van der Waals surface area contributed by atoms with E-state index in [2.05, 4.69) is 20.6 Å². The van der Waals surface area contributed by atoms with Crippen LogP contribution in [0.3, 0.4) is 0 Å². The number of aromatic nitrogens is 2. The van der Waals surface area contributed by atoms with Gasteiger partial charge in [0.1, 0.15) is 11.6 Å². The summed E-state index contributed by atoms with van der Waals surface area (Å²) in [6, 6.07) is 13.2. The Balaban J connectivity index is 1.67. The highest BCUT2D eigenvalue weighted by Crippen LogP contribution is 2.29. The molecule has 0 bridgehead atoms. The highest BCUT2D eigenvalue weighted by molar-refractivity contribution is 5.71. The summed E-state index contributed by atoms with van der Waals surface area (Å²) in [4.78, 5) is 29.5. The average molecular weight is 423 g/mol. The van der Waals surface area contributed by atoms with Gasteiger partial charge in [-0.1, -0.05) is 31.2 Å². The van der Waals surface area contributed by atoms with Gasteiger partial charge in [-0.2, -0.15) is 0 Å². The maximum atomic E-state index is 11.4. The van der Waals surface area contributed by atoms with Gasteiger partial charge in [-0.25, -0.2) is 9.97 Å². The minimum Gasteiger partial charge on any atom is -0.378 e. The first kappa shape index (κ1) is 21.4. The van der Waals surface area contributed by atoms with Crippen LogP contribution in [0, 0.1) is 20.2 Å². The number of rotatable bonds is 9. The van der Waals surface area contributed by atoms with Crippen LogP contribution in [0.5, 0.6) is 0 Å². The van der Waals surface area contributed by atoms with Gasteiger partial charge in [0.2, 0.25) is 5.82 Å². The molecule has 11 nitrogen and oxygen atoms in total. The number of nitrogens with one attached hydrogen (secondary N) is 2. The number of benzene rings is 1. The number of anilines is 3. The smallest absolute Gasteiger partial charge is 0.311 e. The highest BCUT2D eigenvalue weighted by Gasteiger charge is 2.18. The summed E-state index contributed by atoms with van der Waals surface area (Å²) >= 11 is 0. The topological polar surface area (TPSA) is 162 Å². The van der Waals surface area contributed by atoms with Gasteiger partial charge >= 0.3 is 5.69 Å². The fourth-order valence-corrected chi connectivity index (χ4v) is 2.91. The second-order valence-electron chi connectivity index (χ2n) is 6.58. The van der Waals surface area contributed by atoms with E-state index in [4.69, 9.17) is 5.73 Å². The van der Waals surface area contributed by atoms with E-state index in [9.17, 15) is 20.2 Å². The van der Waals surface area contributed by atoms with Crippen molar-refractivity contribution in [2.45, 2.75) is 13.3 Å². The molecule has 31 heavy (non-hydrogen) atoms. The summed E-state index contributed by atoms with van der Waals surface area (Å²) in [5.74, 6) is 0.718. The molecule has 0 aliphatic carbocycles. The number of hydrogen-bond donors (Lipinski definition) is 3. The van der Waals surface area contributed by atoms with Crippen LogP contribution in [0.2, 0.25) is 0 Å². The third-order valence-electron chi connectivity index (χ3n) is 4.54. The zero-order chi connectivity index (χ0) is 22.4. The molecule has 0 radical (unpaired) electrons. The minimum absolute atomic E-state index is 0.0709. The monoisotopic (exact) mass is 423 g/mol. The number of nitrogen functional groups attached to an aromatic ring is 1. The standard InChI is InChI=1S/C20H21N7O4/c1-2-13-3-5-14(6-4-13)19-15(26(28)29)7-9-17(24-19)22-11-12-23-18-10-8-16(27(30)31)20(21)25-18/h3-10H,2,11-12H2,1H3,(H,22,24)(H3,21,23,25). The summed E-state index contributed by atoms with van der Waals surface area (Å²) in [7, 11) is 0. The van der Waals surface area contributed by atoms with Crippen LogP contribution in [0.1, 0.15) is 12.5 Å². The van der Waals surface area contributed by atoms with E-state index in [1.807, 2.05) is 31.2 Å². The maximum absolute atomic E-state index is 11.4. The number of nitrogens with zero attached hydrogens (tertiary/aromatic N) is 4. The quantitative estimate of drug-likeness (QED) is 0.265. The van der Waals surface area contributed by atoms with Crippen molar-refractivity contribution in [3.05, 3.63) is 74.3 Å². The van der Waals surface area contributed by atoms with Gasteiger partial charge in [-0.05, 0) is 24.1 Å². The predicted molar refractivity (Wildman–Crippen MR) is 118 cm³/mol. The number of nitro groups is 2. The molecule has 160 valence electrons. The second-order valence-corrected chi connectivity index (χ2v) is 6.58. The molecule has 2 aromatic heterocycles. The molecular weight excluding hydrogens is 402 g/mol. The van der Waals surface area contributed by atoms with Crippen LogP contribution in [-0.2, 0) is 6.42 Å². The minimum atomic E-state index is -0.596. The Kier molecular flexibility index (Phi) is 6.55. The van der Waals surface area contributed by atoms with E-state index < -0.39 is 9.85 Å². The number of nitrogens with two attached hydrogens (primary N) is 1. The van der Waals surface area contributed by atoms with Gasteiger partial charge in [0.25, 0.3) is 5.69 Å². The lowest BCUT2D eigenvalue weighted by Crippen LogP contribution is -2.15. The van der Waals surface area contributed by atoms with Gasteiger partial charge in [0.15, 0.2) is 5.69 Å². The van der Waals surface area contributed by atoms with Crippen molar-refractivity contribution < 1.29 is 9.85 Å². The van der Waals surface area contributed by atoms with Crippen LogP contribution >= 0.6 is 0 Å². The number of pyridine rings is 2. The largest absolute Gasteiger partial charge is 0.378 e. The first-order valence-electron chi connectivity index (χ1n) is 9.52. The van der Waals surface area contributed by atoms with Gasteiger partial charge in [-0.3, -0.25) is 20.2 Å². The number of aryl methyl sites for hydroxylation is 1. The molecule has 3 rings (SSSR count). The molecule has 0 spiro atoms. The van der Waals surface area contributed by atoms with Gasteiger partial charge < -0.3 is 16.4 Å². The van der Waals surface area contributed by atoms with Crippen molar-refractivity contribution in [3.63, 3.8) is 0 Å². The Hall–Kier alpha value is -4.28. The SMILES string of the molecule is CCc1ccc(-c2nc(NCCNc3ccc([N+](=O)[O-])c(N)n3)ccc2[N+](=O)[O-])cc1. The zero-order valence-electron chi connectivity index (χ0n) is 16.7. The molecule has 1 aromatic carbocycles. The molecule has 0 aliphatic heterocycles. The molecule has 0 fully saturated rings. The lowest BCUT2D eigenvalue weighted by molar-refractivity contribution is -0.384. The summed E-state index contributed by atoms with van der Waals surface area (Å²) in [6.45, 7) is 2.88. The summed E-state index contributed by atoms with van der Waals surface area (Å²) < 4.78 is 0. The fourth-order valence-electron chi connectivity index (χ4n) is 2.91. The second kappa shape index (κ2) is 9.48. The van der Waals surface area contributed by atoms with E-state index in [-0.39, 0.29) is 22.9 Å². The van der Waals surface area contributed by atoms with Crippen LogP contribution in [0.25, 0.3) is 11.3 Å². The Morgan fingerprint density at radius 2 is 1.39 bits per heavy atom. The lowest BCUT2D eigenvalue weighted by Gasteiger charge is -2.10. The van der Waals surface area contributed by atoms with E-state index in [1.54, 1.807) is 6.07 Å². The molecule has 2 heterocycles. The Morgan fingerprint density at radius 3 is 1.90 bits per heavy atom. The Morgan fingerprint density at radius 1 is 0.839 bits per heavy atom. The zero-order valence-corrected chi connectivity index (χ0v) is 16.7. The molecule has 0 unspecified atom stereocenters. The van der Waals surface area contributed by atoms with Crippen molar-refractivity contribution in [2.75, 3.05) is 29.5 Å². The molecule has 3 aromatic rings. The van der Waals surface area contributed by atoms with E-state index in [0.717, 1.165) is 12.0 Å². The maximum Gasteiger partial charge on any atom is 0.311 e. The van der Waals surface area contributed by atoms with Gasteiger partial charge in [-0.15, -0.1) is 0 Å². The van der Waals surface area contributed by atoms with E-state index in [1.165, 1.54) is 18.2 Å². The van der Waals surface area contributed by atoms with Crippen LogP contribution in [0.4, 0.5) is 28.8 Å². The molecule has 0 amide bonds.